The van der Waals surface area contributed by atoms with Gasteiger partial charge >= 0.3 is 5.72 Å². The number of hydrogen-bond acceptors (Lipinski definition) is 3. The summed E-state index contributed by atoms with van der Waals surface area (Å²) in [5.41, 5.74) is -0.530. The molecule has 1 aromatic rings. The number of hydrogen-bond donors (Lipinski definition) is 1. The van der Waals surface area contributed by atoms with Crippen LogP contribution in [-0.2, 0) is 12.1 Å². The van der Waals surface area contributed by atoms with E-state index >= 15 is 0 Å². The first-order valence-corrected chi connectivity index (χ1v) is 4.10. The summed E-state index contributed by atoms with van der Waals surface area (Å²) >= 11 is 0. The second kappa shape index (κ2) is 2.53. The predicted octanol–water partition coefficient (Wildman–Crippen LogP) is 1.05. The van der Waals surface area contributed by atoms with Crippen molar-refractivity contribution in [2.75, 3.05) is 0 Å². The number of rotatable bonds is 1. The monoisotopic (exact) mass is 179 g/mol. The molecule has 1 unspecified atom stereocenters. The molecule has 0 amide bonds. The van der Waals surface area contributed by atoms with E-state index in [1.54, 1.807) is 12.1 Å². The highest BCUT2D eigenvalue weighted by Crippen LogP contribution is 2.36. The van der Waals surface area contributed by atoms with Crippen molar-refractivity contribution < 1.29 is 10.0 Å². The lowest BCUT2D eigenvalue weighted by Gasteiger charge is -2.13. The summed E-state index contributed by atoms with van der Waals surface area (Å²) in [6, 6.07) is 6.96. The lowest BCUT2D eigenvalue weighted by atomic mass is 10.1. The third-order valence-electron chi connectivity index (χ3n) is 2.49. The molecular weight excluding hydrogens is 170 g/mol. The van der Waals surface area contributed by atoms with Gasteiger partial charge in [0, 0.05) is 0 Å². The molecule has 0 aromatic heterocycles. The van der Waals surface area contributed by atoms with E-state index in [2.05, 4.69) is 0 Å². The molecule has 1 aliphatic rings. The minimum atomic E-state index is -1.85. The maximum atomic E-state index is 10.6. The summed E-state index contributed by atoms with van der Waals surface area (Å²) in [4.78, 5) is 10.0. The van der Waals surface area contributed by atoms with Crippen molar-refractivity contribution in [2.24, 2.45) is 0 Å². The Kier molecular flexibility index (Phi) is 1.60. The standard InChI is InChI=1S/C9H9NO3/c11-9(10(12)13)6-5-7-3-1-2-4-8(7)9/h1-4,11H,5-6H2. The van der Waals surface area contributed by atoms with Crippen LogP contribution in [0.4, 0.5) is 0 Å². The first kappa shape index (κ1) is 8.19. The number of aliphatic hydroxyl groups is 1. The zero-order valence-corrected chi connectivity index (χ0v) is 6.93. The van der Waals surface area contributed by atoms with Gasteiger partial charge < -0.3 is 5.11 Å². The van der Waals surface area contributed by atoms with Crippen molar-refractivity contribution in [1.82, 2.24) is 0 Å². The van der Waals surface area contributed by atoms with Crippen LogP contribution in [0.5, 0.6) is 0 Å². The maximum absolute atomic E-state index is 10.6. The second-order valence-corrected chi connectivity index (χ2v) is 3.23. The topological polar surface area (TPSA) is 63.4 Å². The molecule has 0 aliphatic heterocycles. The Morgan fingerprint density at radius 3 is 2.85 bits per heavy atom. The van der Waals surface area contributed by atoms with Crippen LogP contribution in [0.1, 0.15) is 17.5 Å². The molecule has 1 atom stereocenters. The molecular formula is C9H9NO3. The first-order valence-electron chi connectivity index (χ1n) is 4.10. The van der Waals surface area contributed by atoms with Gasteiger partial charge in [0.05, 0.1) is 16.9 Å². The van der Waals surface area contributed by atoms with Gasteiger partial charge in [0.15, 0.2) is 0 Å². The van der Waals surface area contributed by atoms with Gasteiger partial charge in [-0.3, -0.25) is 10.1 Å². The van der Waals surface area contributed by atoms with E-state index in [0.29, 0.717) is 12.0 Å². The van der Waals surface area contributed by atoms with Crippen LogP contribution in [0.25, 0.3) is 0 Å². The van der Waals surface area contributed by atoms with Crippen LogP contribution in [0.3, 0.4) is 0 Å². The Bertz CT molecular complexity index is 364. The Hall–Kier alpha value is -1.42. The number of nitro groups is 1. The molecule has 1 aromatic carbocycles. The molecule has 0 radical (unpaired) electrons. The lowest BCUT2D eigenvalue weighted by molar-refractivity contribution is -0.635. The van der Waals surface area contributed by atoms with Gasteiger partial charge in [-0.05, 0) is 18.1 Å². The minimum absolute atomic E-state index is 0.180. The van der Waals surface area contributed by atoms with Gasteiger partial charge in [-0.1, -0.05) is 18.2 Å². The quantitative estimate of drug-likeness (QED) is 0.398. The van der Waals surface area contributed by atoms with Gasteiger partial charge in [-0.15, -0.1) is 0 Å². The van der Waals surface area contributed by atoms with Gasteiger partial charge in [-0.2, -0.15) is 0 Å². The number of nitrogens with zero attached hydrogens (tertiary/aromatic N) is 1. The fourth-order valence-electron chi connectivity index (χ4n) is 1.76. The van der Waals surface area contributed by atoms with Crippen LogP contribution in [0, 0.1) is 10.1 Å². The third kappa shape index (κ3) is 1.02. The Balaban J connectivity index is 2.55. The highest BCUT2D eigenvalue weighted by atomic mass is 16.7. The highest BCUT2D eigenvalue weighted by Gasteiger charge is 2.47. The molecule has 0 fully saturated rings. The summed E-state index contributed by atoms with van der Waals surface area (Å²) in [6.07, 6.45) is 0.757. The van der Waals surface area contributed by atoms with Gasteiger partial charge in [0.1, 0.15) is 0 Å². The normalized spacial score (nSPS) is 25.6. The summed E-state index contributed by atoms with van der Waals surface area (Å²) < 4.78 is 0. The van der Waals surface area contributed by atoms with E-state index in [-0.39, 0.29) is 6.42 Å². The van der Waals surface area contributed by atoms with E-state index in [0.717, 1.165) is 5.56 Å². The molecule has 1 aliphatic carbocycles. The van der Waals surface area contributed by atoms with Crippen molar-refractivity contribution in [3.63, 3.8) is 0 Å². The predicted molar refractivity (Wildman–Crippen MR) is 45.7 cm³/mol. The molecule has 0 saturated heterocycles. The number of benzene rings is 1. The number of fused-ring (bicyclic) bond motifs is 1. The zero-order chi connectivity index (χ0) is 9.47. The van der Waals surface area contributed by atoms with Crippen LogP contribution < -0.4 is 0 Å². The van der Waals surface area contributed by atoms with Gasteiger partial charge in [0.2, 0.25) is 0 Å². The van der Waals surface area contributed by atoms with Crippen LogP contribution in [0.15, 0.2) is 24.3 Å². The maximum Gasteiger partial charge on any atom is 0.349 e. The molecule has 13 heavy (non-hydrogen) atoms. The smallest absolute Gasteiger partial charge is 0.327 e. The highest BCUT2D eigenvalue weighted by molar-refractivity contribution is 5.34. The molecule has 0 saturated carbocycles. The minimum Gasteiger partial charge on any atom is -0.327 e. The van der Waals surface area contributed by atoms with Crippen molar-refractivity contribution in [1.29, 1.82) is 0 Å². The van der Waals surface area contributed by atoms with Crippen molar-refractivity contribution in [3.05, 3.63) is 45.5 Å². The van der Waals surface area contributed by atoms with Crippen molar-refractivity contribution in [3.8, 4) is 0 Å². The SMILES string of the molecule is O=[N+]([O-])C1(O)CCc2ccccc21. The van der Waals surface area contributed by atoms with E-state index < -0.39 is 10.6 Å². The fraction of sp³-hybridized carbons (Fsp3) is 0.333. The van der Waals surface area contributed by atoms with E-state index in [1.807, 2.05) is 12.1 Å². The Morgan fingerprint density at radius 2 is 2.15 bits per heavy atom. The van der Waals surface area contributed by atoms with Crippen LogP contribution in [-0.4, -0.2) is 10.0 Å². The largest absolute Gasteiger partial charge is 0.349 e. The average Bonchev–Trinajstić information content (AvgIpc) is 2.47. The molecule has 2 rings (SSSR count). The number of aryl methyl sites for hydroxylation is 1. The van der Waals surface area contributed by atoms with Crippen molar-refractivity contribution >= 4 is 0 Å². The Labute approximate surface area is 75.0 Å². The van der Waals surface area contributed by atoms with Gasteiger partial charge in [-0.25, -0.2) is 0 Å². The van der Waals surface area contributed by atoms with E-state index in [4.69, 9.17) is 0 Å². The van der Waals surface area contributed by atoms with Crippen LogP contribution in [0.2, 0.25) is 0 Å². The summed E-state index contributed by atoms with van der Waals surface area (Å²) in [5.74, 6) is 0. The molecule has 0 spiro atoms. The second-order valence-electron chi connectivity index (χ2n) is 3.23. The molecule has 68 valence electrons. The molecule has 0 bridgehead atoms. The van der Waals surface area contributed by atoms with Gasteiger partial charge in [0.25, 0.3) is 0 Å². The molecule has 0 heterocycles. The lowest BCUT2D eigenvalue weighted by Crippen LogP contribution is -2.32. The summed E-state index contributed by atoms with van der Waals surface area (Å²) in [6.45, 7) is 0. The first-order chi connectivity index (χ1) is 6.14. The van der Waals surface area contributed by atoms with E-state index in [9.17, 15) is 15.2 Å². The molecule has 1 N–H and O–H groups in total. The zero-order valence-electron chi connectivity index (χ0n) is 6.93. The molecule has 4 heteroatoms. The Morgan fingerprint density at radius 1 is 1.46 bits per heavy atom. The van der Waals surface area contributed by atoms with E-state index in [1.165, 1.54) is 0 Å². The average molecular weight is 179 g/mol. The third-order valence-corrected chi connectivity index (χ3v) is 2.49. The van der Waals surface area contributed by atoms with Crippen LogP contribution >= 0.6 is 0 Å². The van der Waals surface area contributed by atoms with Crippen molar-refractivity contribution in [2.45, 2.75) is 18.6 Å². The summed E-state index contributed by atoms with van der Waals surface area (Å²) in [7, 11) is 0. The fourth-order valence-corrected chi connectivity index (χ4v) is 1.76. The molecule has 4 nitrogen and oxygen atoms in total. The summed E-state index contributed by atoms with van der Waals surface area (Å²) in [5, 5.41) is 20.4.